The molecule has 3 N–H and O–H groups in total. The minimum absolute atomic E-state index is 0.00203. The number of aromatic nitrogens is 4. The summed E-state index contributed by atoms with van der Waals surface area (Å²) in [7, 11) is 1.52. The lowest BCUT2D eigenvalue weighted by Crippen LogP contribution is -2.25. The van der Waals surface area contributed by atoms with Gasteiger partial charge < -0.3 is 20.5 Å². The first-order valence-electron chi connectivity index (χ1n) is 12.0. The van der Waals surface area contributed by atoms with Crippen molar-refractivity contribution in [3.63, 3.8) is 0 Å². The molecule has 3 aromatic heterocycles. The van der Waals surface area contributed by atoms with E-state index in [1.54, 1.807) is 30.7 Å². The molecule has 0 radical (unpaired) electrons. The molecule has 0 saturated heterocycles. The highest BCUT2D eigenvalue weighted by Gasteiger charge is 2.23. The van der Waals surface area contributed by atoms with Gasteiger partial charge in [-0.05, 0) is 49.4 Å². The van der Waals surface area contributed by atoms with Crippen molar-refractivity contribution in [2.45, 2.75) is 31.7 Å². The van der Waals surface area contributed by atoms with Crippen molar-refractivity contribution in [3.05, 3.63) is 77.8 Å². The molecule has 0 saturated carbocycles. The van der Waals surface area contributed by atoms with Crippen LogP contribution in [0.3, 0.4) is 0 Å². The topological polar surface area (TPSA) is 99.6 Å². The summed E-state index contributed by atoms with van der Waals surface area (Å²) in [6.45, 7) is 2.58. The SMILES string of the molecule is COCCOc1cc(F)c(-c2ccc3cnc(Nc4cnccc4[C@@H]4CC(C)=C[C@H](N)C4)n3n2)c(F)c1. The molecule has 2 atom stereocenters. The fourth-order valence-electron chi connectivity index (χ4n) is 4.75. The Kier molecular flexibility index (Phi) is 7.11. The normalized spacial score (nSPS) is 17.6. The van der Waals surface area contributed by atoms with Gasteiger partial charge in [0.2, 0.25) is 5.95 Å². The molecule has 0 aliphatic heterocycles. The number of pyridine rings is 1. The average Bonchev–Trinajstić information content (AvgIpc) is 3.25. The van der Waals surface area contributed by atoms with Gasteiger partial charge in [-0.2, -0.15) is 9.61 Å². The number of imidazole rings is 1. The van der Waals surface area contributed by atoms with Gasteiger partial charge in [0.1, 0.15) is 24.0 Å². The number of ether oxygens (including phenoxy) is 2. The van der Waals surface area contributed by atoms with Crippen LogP contribution in [0, 0.1) is 11.6 Å². The maximum Gasteiger partial charge on any atom is 0.229 e. The molecule has 192 valence electrons. The summed E-state index contributed by atoms with van der Waals surface area (Å²) in [6.07, 6.45) is 8.97. The highest BCUT2D eigenvalue weighted by atomic mass is 19.1. The van der Waals surface area contributed by atoms with E-state index in [2.05, 4.69) is 33.4 Å². The molecule has 1 aliphatic rings. The molecule has 0 fully saturated rings. The Labute approximate surface area is 213 Å². The van der Waals surface area contributed by atoms with E-state index < -0.39 is 11.6 Å². The second-order valence-electron chi connectivity index (χ2n) is 9.14. The van der Waals surface area contributed by atoms with Crippen LogP contribution >= 0.6 is 0 Å². The molecule has 8 nitrogen and oxygen atoms in total. The molecule has 0 amide bonds. The Morgan fingerprint density at radius 1 is 1.14 bits per heavy atom. The first-order chi connectivity index (χ1) is 17.9. The van der Waals surface area contributed by atoms with Gasteiger partial charge in [0.05, 0.1) is 41.5 Å². The molecule has 5 rings (SSSR count). The van der Waals surface area contributed by atoms with Crippen molar-refractivity contribution >= 4 is 17.2 Å². The second-order valence-corrected chi connectivity index (χ2v) is 9.14. The molecule has 37 heavy (non-hydrogen) atoms. The maximum absolute atomic E-state index is 14.9. The van der Waals surface area contributed by atoms with Gasteiger partial charge in [0, 0.05) is 31.5 Å². The Morgan fingerprint density at radius 2 is 1.95 bits per heavy atom. The van der Waals surface area contributed by atoms with E-state index in [-0.39, 0.29) is 35.6 Å². The third-order valence-electron chi connectivity index (χ3n) is 6.38. The third-order valence-corrected chi connectivity index (χ3v) is 6.38. The highest BCUT2D eigenvalue weighted by molar-refractivity contribution is 5.66. The Morgan fingerprint density at radius 3 is 2.70 bits per heavy atom. The Bertz CT molecular complexity index is 1430. The summed E-state index contributed by atoms with van der Waals surface area (Å²) in [5.41, 5.74) is 9.88. The number of nitrogens with two attached hydrogens (primary N) is 1. The number of methoxy groups -OCH3 is 1. The van der Waals surface area contributed by atoms with Crippen molar-refractivity contribution in [2.24, 2.45) is 5.73 Å². The molecule has 0 spiro atoms. The van der Waals surface area contributed by atoms with E-state index in [0.717, 1.165) is 36.2 Å². The second kappa shape index (κ2) is 10.6. The minimum Gasteiger partial charge on any atom is -0.491 e. The number of allylic oxidation sites excluding steroid dienone is 1. The average molecular weight is 507 g/mol. The number of nitrogens with zero attached hydrogens (tertiary/aromatic N) is 4. The van der Waals surface area contributed by atoms with Crippen LogP contribution in [0.25, 0.3) is 16.8 Å². The predicted molar refractivity (Wildman–Crippen MR) is 137 cm³/mol. The number of halogens is 2. The van der Waals surface area contributed by atoms with Crippen molar-refractivity contribution < 1.29 is 18.3 Å². The van der Waals surface area contributed by atoms with Crippen LogP contribution in [-0.2, 0) is 4.74 Å². The largest absolute Gasteiger partial charge is 0.491 e. The summed E-state index contributed by atoms with van der Waals surface area (Å²) < 4.78 is 41.7. The molecular weight excluding hydrogens is 478 g/mol. The number of benzene rings is 1. The molecule has 0 unspecified atom stereocenters. The Balaban J connectivity index is 1.46. The summed E-state index contributed by atoms with van der Waals surface area (Å²) in [5, 5.41) is 7.81. The number of nitrogens with one attached hydrogen (secondary N) is 1. The Hall–Kier alpha value is -3.89. The zero-order valence-electron chi connectivity index (χ0n) is 20.6. The van der Waals surface area contributed by atoms with Crippen LogP contribution in [0.4, 0.5) is 20.4 Å². The van der Waals surface area contributed by atoms with Crippen molar-refractivity contribution in [2.75, 3.05) is 25.6 Å². The monoisotopic (exact) mass is 506 g/mol. The van der Waals surface area contributed by atoms with Gasteiger partial charge in [0.25, 0.3) is 0 Å². The van der Waals surface area contributed by atoms with E-state index in [1.807, 2.05) is 6.07 Å². The van der Waals surface area contributed by atoms with Crippen molar-refractivity contribution in [1.82, 2.24) is 19.6 Å². The number of hydrogen-bond donors (Lipinski definition) is 2. The summed E-state index contributed by atoms with van der Waals surface area (Å²) in [6, 6.07) is 7.52. The lowest BCUT2D eigenvalue weighted by molar-refractivity contribution is 0.146. The molecule has 4 aromatic rings. The first-order valence-corrected chi connectivity index (χ1v) is 12.0. The zero-order chi connectivity index (χ0) is 25.9. The molecule has 3 heterocycles. The molecule has 1 aliphatic carbocycles. The maximum atomic E-state index is 14.9. The van der Waals surface area contributed by atoms with E-state index >= 15 is 0 Å². The fraction of sp³-hybridized carbons (Fsp3) is 0.296. The van der Waals surface area contributed by atoms with E-state index in [1.165, 1.54) is 17.2 Å². The van der Waals surface area contributed by atoms with Crippen LogP contribution in [0.1, 0.15) is 31.2 Å². The van der Waals surface area contributed by atoms with Gasteiger partial charge in [-0.1, -0.05) is 11.6 Å². The first kappa shape index (κ1) is 24.8. The third kappa shape index (κ3) is 5.30. The predicted octanol–water partition coefficient (Wildman–Crippen LogP) is 4.99. The van der Waals surface area contributed by atoms with E-state index in [9.17, 15) is 8.78 Å². The highest BCUT2D eigenvalue weighted by Crippen LogP contribution is 2.37. The molecule has 0 bridgehead atoms. The van der Waals surface area contributed by atoms with Gasteiger partial charge >= 0.3 is 0 Å². The standard InChI is InChI=1S/C27H28F2N6O2/c1-16-9-17(11-18(30)10-16)21-5-6-31-15-25(21)33-27-32-14-19-3-4-24(34-35(19)27)26-22(28)12-20(13-23(26)29)37-8-7-36-2/h3-6,10,12-15,17-18H,7-9,11,30H2,1-2H3,(H,32,33)/t17-,18+/m1/s1. The van der Waals surface area contributed by atoms with Crippen LogP contribution in [0.5, 0.6) is 5.75 Å². The zero-order valence-corrected chi connectivity index (χ0v) is 20.6. The summed E-state index contributed by atoms with van der Waals surface area (Å²) in [4.78, 5) is 8.73. The number of anilines is 2. The van der Waals surface area contributed by atoms with E-state index in [0.29, 0.717) is 18.1 Å². The molecule has 1 aromatic carbocycles. The minimum atomic E-state index is -0.777. The fourth-order valence-corrected chi connectivity index (χ4v) is 4.75. The van der Waals surface area contributed by atoms with Crippen molar-refractivity contribution in [1.29, 1.82) is 0 Å². The van der Waals surface area contributed by atoms with Gasteiger partial charge in [-0.3, -0.25) is 4.98 Å². The number of fused-ring (bicyclic) bond motifs is 1. The lowest BCUT2D eigenvalue weighted by Gasteiger charge is -2.27. The summed E-state index contributed by atoms with van der Waals surface area (Å²) >= 11 is 0. The van der Waals surface area contributed by atoms with Crippen LogP contribution < -0.4 is 15.8 Å². The number of hydrogen-bond acceptors (Lipinski definition) is 7. The van der Waals surface area contributed by atoms with Crippen LogP contribution in [-0.4, -0.2) is 45.9 Å². The summed E-state index contributed by atoms with van der Waals surface area (Å²) in [5.74, 6) is -0.841. The van der Waals surface area contributed by atoms with Gasteiger partial charge in [-0.15, -0.1) is 0 Å². The van der Waals surface area contributed by atoms with E-state index in [4.69, 9.17) is 15.2 Å². The van der Waals surface area contributed by atoms with Crippen LogP contribution in [0.15, 0.2) is 60.6 Å². The number of rotatable bonds is 8. The quantitative estimate of drug-likeness (QED) is 0.257. The lowest BCUT2D eigenvalue weighted by atomic mass is 9.82. The van der Waals surface area contributed by atoms with Crippen molar-refractivity contribution in [3.8, 4) is 17.0 Å². The van der Waals surface area contributed by atoms with Gasteiger partial charge in [-0.25, -0.2) is 13.8 Å². The molecule has 10 heteroatoms. The smallest absolute Gasteiger partial charge is 0.229 e. The van der Waals surface area contributed by atoms with Crippen LogP contribution in [0.2, 0.25) is 0 Å². The molecular formula is C27H28F2N6O2. The van der Waals surface area contributed by atoms with Gasteiger partial charge in [0.15, 0.2) is 0 Å².